The highest BCUT2D eigenvalue weighted by Crippen LogP contribution is 2.38. The number of fused-ring (bicyclic) bond motifs is 5. The van der Waals surface area contributed by atoms with E-state index in [1.54, 1.807) is 27.6 Å². The normalized spacial score (nSPS) is 19.2. The number of benzene rings is 1. The van der Waals surface area contributed by atoms with Crippen LogP contribution in [0, 0.1) is 12.8 Å². The zero-order valence-corrected chi connectivity index (χ0v) is 24.8. The molecule has 3 aromatic heterocycles. The van der Waals surface area contributed by atoms with Crippen molar-refractivity contribution in [1.29, 1.82) is 0 Å². The molecule has 2 aliphatic rings. The summed E-state index contributed by atoms with van der Waals surface area (Å²) in [6.07, 6.45) is 5.68. The van der Waals surface area contributed by atoms with Crippen molar-refractivity contribution in [1.82, 2.24) is 44.9 Å². The second kappa shape index (κ2) is 12.7. The lowest BCUT2D eigenvalue weighted by Gasteiger charge is -2.25. The smallest absolute Gasteiger partial charge is 0.257 e. The van der Waals surface area contributed by atoms with E-state index in [9.17, 15) is 14.4 Å². The standard InChI is InChI=1S/C30H35N9O5/c1-20-5-3-11-39-28(20)22(16-33-39)30(42)37-17-23-21-6-7-25(43-2)26(15-21)44-14-13-36(10-4-9-31-29(41)24(23)18-37)27(40)8-12-38-19-32-34-35-38/h3,5-7,11,15-16,19,23-24H,4,8-10,12-14,17-18H2,1-2H3,(H,31,41)/t23-,24+/m1/s1. The average Bonchev–Trinajstić information content (AvgIpc) is 3.81. The molecule has 14 nitrogen and oxygen atoms in total. The highest BCUT2D eigenvalue weighted by Gasteiger charge is 2.41. The molecule has 0 radical (unpaired) electrons. The summed E-state index contributed by atoms with van der Waals surface area (Å²) in [6, 6.07) is 9.46. The fourth-order valence-corrected chi connectivity index (χ4v) is 6.04. The highest BCUT2D eigenvalue weighted by atomic mass is 16.5. The Hall–Kier alpha value is -5.01. The number of hydrogen-bond donors (Lipinski definition) is 1. The van der Waals surface area contributed by atoms with Crippen molar-refractivity contribution in [2.45, 2.75) is 32.2 Å². The molecule has 230 valence electrons. The molecule has 0 spiro atoms. The van der Waals surface area contributed by atoms with E-state index in [1.165, 1.54) is 11.0 Å². The minimum absolute atomic E-state index is 0.0591. The lowest BCUT2D eigenvalue weighted by molar-refractivity contribution is -0.132. The van der Waals surface area contributed by atoms with Gasteiger partial charge in [-0.1, -0.05) is 12.1 Å². The Labute approximate surface area is 253 Å². The number of likely N-dealkylation sites (tertiary alicyclic amines) is 1. The summed E-state index contributed by atoms with van der Waals surface area (Å²) >= 11 is 0. The van der Waals surface area contributed by atoms with Gasteiger partial charge in [-0.05, 0) is 53.1 Å². The number of tetrazole rings is 1. The lowest BCUT2D eigenvalue weighted by atomic mass is 9.88. The molecule has 1 N–H and O–H groups in total. The molecule has 44 heavy (non-hydrogen) atoms. The van der Waals surface area contributed by atoms with Gasteiger partial charge in [0.15, 0.2) is 11.5 Å². The van der Waals surface area contributed by atoms with Crippen molar-refractivity contribution in [2.24, 2.45) is 5.92 Å². The van der Waals surface area contributed by atoms with Crippen molar-refractivity contribution < 1.29 is 23.9 Å². The van der Waals surface area contributed by atoms with E-state index < -0.39 is 5.92 Å². The first-order chi connectivity index (χ1) is 21.4. The maximum atomic E-state index is 13.8. The molecule has 2 aliphatic heterocycles. The predicted molar refractivity (Wildman–Crippen MR) is 157 cm³/mol. The SMILES string of the molecule is COc1ccc2cc1OCCN(C(=O)CCn1cnnn1)CCCNC(=O)[C@H]1CN(C(=O)c3cnn4cccc(C)c34)C[C@H]21. The van der Waals surface area contributed by atoms with Crippen LogP contribution in [0.5, 0.6) is 11.5 Å². The number of aromatic nitrogens is 6. The molecule has 2 atom stereocenters. The summed E-state index contributed by atoms with van der Waals surface area (Å²) < 4.78 is 14.9. The van der Waals surface area contributed by atoms with Gasteiger partial charge in [0.1, 0.15) is 12.9 Å². The molecular formula is C30H35N9O5. The average molecular weight is 602 g/mol. The lowest BCUT2D eigenvalue weighted by Crippen LogP contribution is -2.39. The minimum atomic E-state index is -0.472. The Morgan fingerprint density at radius 3 is 2.82 bits per heavy atom. The first-order valence-electron chi connectivity index (χ1n) is 14.7. The number of nitrogens with zero attached hydrogens (tertiary/aromatic N) is 8. The number of methoxy groups -OCH3 is 1. The molecule has 3 amide bonds. The molecule has 0 unspecified atom stereocenters. The molecular weight excluding hydrogens is 566 g/mol. The third-order valence-electron chi connectivity index (χ3n) is 8.35. The van der Waals surface area contributed by atoms with Crippen LogP contribution in [0.2, 0.25) is 0 Å². The molecule has 1 aromatic carbocycles. The van der Waals surface area contributed by atoms with Crippen LogP contribution in [0.15, 0.2) is 49.1 Å². The molecule has 14 heteroatoms. The molecule has 1 saturated heterocycles. The third kappa shape index (κ3) is 5.92. The molecule has 1 fully saturated rings. The Kier molecular flexibility index (Phi) is 8.39. The number of ether oxygens (including phenoxy) is 2. The summed E-state index contributed by atoms with van der Waals surface area (Å²) in [4.78, 5) is 44.0. The van der Waals surface area contributed by atoms with Crippen LogP contribution >= 0.6 is 0 Å². The summed E-state index contributed by atoms with van der Waals surface area (Å²) in [5, 5.41) is 18.5. The quantitative estimate of drug-likeness (QED) is 0.357. The summed E-state index contributed by atoms with van der Waals surface area (Å²) in [5.74, 6) is -0.00298. The topological polar surface area (TPSA) is 149 Å². The van der Waals surface area contributed by atoms with Crippen molar-refractivity contribution >= 4 is 23.2 Å². The van der Waals surface area contributed by atoms with Crippen LogP contribution in [0.3, 0.4) is 0 Å². The fourth-order valence-electron chi connectivity index (χ4n) is 6.04. The predicted octanol–water partition coefficient (Wildman–Crippen LogP) is 1.31. The van der Waals surface area contributed by atoms with Crippen LogP contribution in [0.4, 0.5) is 0 Å². The van der Waals surface area contributed by atoms with Crippen LogP contribution < -0.4 is 14.8 Å². The Balaban J connectivity index is 1.23. The Morgan fingerprint density at radius 2 is 2.00 bits per heavy atom. The van der Waals surface area contributed by atoms with Crippen molar-refractivity contribution in [3.05, 3.63) is 65.7 Å². The number of rotatable bonds is 5. The van der Waals surface area contributed by atoms with Gasteiger partial charge in [-0.3, -0.25) is 14.4 Å². The van der Waals surface area contributed by atoms with Gasteiger partial charge in [-0.2, -0.15) is 5.10 Å². The van der Waals surface area contributed by atoms with Gasteiger partial charge in [-0.15, -0.1) is 5.10 Å². The number of nitrogens with one attached hydrogen (secondary N) is 1. The number of aryl methyl sites for hydroxylation is 2. The maximum Gasteiger partial charge on any atom is 0.257 e. The van der Waals surface area contributed by atoms with Crippen molar-refractivity contribution in [2.75, 3.05) is 46.4 Å². The molecule has 5 heterocycles. The molecule has 0 aliphatic carbocycles. The number of amides is 3. The minimum Gasteiger partial charge on any atom is -0.493 e. The number of carbonyl (C=O) groups is 3. The number of hydrogen-bond acceptors (Lipinski definition) is 9. The zero-order valence-electron chi connectivity index (χ0n) is 24.8. The van der Waals surface area contributed by atoms with Gasteiger partial charge in [0.25, 0.3) is 5.91 Å². The van der Waals surface area contributed by atoms with Crippen LogP contribution in [0.1, 0.15) is 40.2 Å². The van der Waals surface area contributed by atoms with Gasteiger partial charge in [0.2, 0.25) is 11.8 Å². The van der Waals surface area contributed by atoms with E-state index in [4.69, 9.17) is 9.47 Å². The van der Waals surface area contributed by atoms with Gasteiger partial charge < -0.3 is 24.6 Å². The van der Waals surface area contributed by atoms with Gasteiger partial charge in [0, 0.05) is 44.7 Å². The van der Waals surface area contributed by atoms with E-state index >= 15 is 0 Å². The molecule has 0 saturated carbocycles. The second-order valence-corrected chi connectivity index (χ2v) is 11.1. The summed E-state index contributed by atoms with van der Waals surface area (Å²) in [6.45, 7) is 4.42. The summed E-state index contributed by atoms with van der Waals surface area (Å²) in [5.41, 5.74) is 3.09. The molecule has 6 rings (SSSR count). The van der Waals surface area contributed by atoms with Crippen LogP contribution in [-0.4, -0.2) is 104 Å². The zero-order chi connectivity index (χ0) is 30.6. The van der Waals surface area contributed by atoms with E-state index in [1.807, 2.05) is 43.5 Å². The first kappa shape index (κ1) is 29.1. The van der Waals surface area contributed by atoms with Crippen molar-refractivity contribution in [3.63, 3.8) is 0 Å². The second-order valence-electron chi connectivity index (χ2n) is 11.1. The van der Waals surface area contributed by atoms with Gasteiger partial charge >= 0.3 is 0 Å². The van der Waals surface area contributed by atoms with E-state index in [-0.39, 0.29) is 43.2 Å². The monoisotopic (exact) mass is 601 g/mol. The van der Waals surface area contributed by atoms with Gasteiger partial charge in [0.05, 0.1) is 43.4 Å². The maximum absolute atomic E-state index is 13.8. The first-order valence-corrected chi connectivity index (χ1v) is 14.7. The largest absolute Gasteiger partial charge is 0.493 e. The highest BCUT2D eigenvalue weighted by molar-refractivity contribution is 6.02. The van der Waals surface area contributed by atoms with E-state index in [0.717, 1.165) is 16.6 Å². The molecule has 2 bridgehead atoms. The van der Waals surface area contributed by atoms with Crippen molar-refractivity contribution in [3.8, 4) is 11.5 Å². The van der Waals surface area contributed by atoms with Crippen LogP contribution in [0.25, 0.3) is 5.52 Å². The van der Waals surface area contributed by atoms with Gasteiger partial charge in [-0.25, -0.2) is 9.20 Å². The van der Waals surface area contributed by atoms with Crippen LogP contribution in [-0.2, 0) is 16.1 Å². The Morgan fingerprint density at radius 1 is 1.14 bits per heavy atom. The van der Waals surface area contributed by atoms with E-state index in [0.29, 0.717) is 56.2 Å². The summed E-state index contributed by atoms with van der Waals surface area (Å²) in [7, 11) is 1.57. The van der Waals surface area contributed by atoms with E-state index in [2.05, 4.69) is 25.9 Å². The molecule has 4 aromatic rings. The number of pyridine rings is 1. The fraction of sp³-hybridized carbons (Fsp3) is 0.433. The Bertz CT molecular complexity index is 1650. The third-order valence-corrected chi connectivity index (χ3v) is 8.35. The number of carbonyl (C=O) groups excluding carboxylic acids is 3.